The third kappa shape index (κ3) is 5.28. The maximum atomic E-state index is 15.1. The van der Waals surface area contributed by atoms with Crippen molar-refractivity contribution in [2.24, 2.45) is 0 Å². The van der Waals surface area contributed by atoms with Crippen LogP contribution >= 0.6 is 11.3 Å². The molecule has 0 radical (unpaired) electrons. The summed E-state index contributed by atoms with van der Waals surface area (Å²) >= 11 is 1.63. The summed E-state index contributed by atoms with van der Waals surface area (Å²) in [5, 5.41) is 7.37. The first-order valence-corrected chi connectivity index (χ1v) is 13.7. The second-order valence-electron chi connectivity index (χ2n) is 9.60. The zero-order chi connectivity index (χ0) is 27.6. The molecule has 3 aromatic heterocycles. The Bertz CT molecular complexity index is 1760. The lowest BCUT2D eigenvalue weighted by Gasteiger charge is -2.21. The fraction of sp³-hybridized carbons (Fsp3) is 0.200. The average molecular weight is 559 g/mol. The quantitative estimate of drug-likeness (QED) is 0.254. The van der Waals surface area contributed by atoms with Crippen LogP contribution in [0.2, 0.25) is 0 Å². The van der Waals surface area contributed by atoms with Gasteiger partial charge >= 0.3 is 0 Å². The summed E-state index contributed by atoms with van der Waals surface area (Å²) in [6.45, 7) is 1.97. The maximum absolute atomic E-state index is 15.1. The van der Waals surface area contributed by atoms with Gasteiger partial charge in [0.05, 0.1) is 21.5 Å². The third-order valence-corrected chi connectivity index (χ3v) is 8.24. The molecule has 1 saturated heterocycles. The fourth-order valence-corrected chi connectivity index (χ4v) is 6.08. The number of ketones is 1. The summed E-state index contributed by atoms with van der Waals surface area (Å²) in [6.07, 6.45) is 4.92. The number of benzene rings is 2. The van der Waals surface area contributed by atoms with Crippen molar-refractivity contribution < 1.29 is 18.3 Å². The zero-order valence-electron chi connectivity index (χ0n) is 21.3. The largest absolute Gasteiger partial charge is 0.453 e. The molecule has 7 nitrogen and oxygen atoms in total. The van der Waals surface area contributed by atoms with Crippen molar-refractivity contribution in [1.82, 2.24) is 20.1 Å². The van der Waals surface area contributed by atoms with E-state index in [1.54, 1.807) is 29.7 Å². The van der Waals surface area contributed by atoms with Crippen LogP contribution in [0.5, 0.6) is 11.5 Å². The van der Waals surface area contributed by atoms with E-state index in [0.29, 0.717) is 22.9 Å². The first-order valence-electron chi connectivity index (χ1n) is 12.9. The summed E-state index contributed by atoms with van der Waals surface area (Å²) in [4.78, 5) is 31.6. The number of thiophene rings is 1. The second kappa shape index (κ2) is 11.1. The van der Waals surface area contributed by atoms with Gasteiger partial charge in [-0.1, -0.05) is 6.07 Å². The molecule has 1 aliphatic rings. The predicted octanol–water partition coefficient (Wildman–Crippen LogP) is 5.81. The van der Waals surface area contributed by atoms with Crippen LogP contribution in [0.4, 0.5) is 8.78 Å². The summed E-state index contributed by atoms with van der Waals surface area (Å²) in [5.41, 5.74) is 0.806. The van der Waals surface area contributed by atoms with Crippen LogP contribution in [0.15, 0.2) is 77.9 Å². The van der Waals surface area contributed by atoms with Gasteiger partial charge in [0.15, 0.2) is 17.3 Å². The highest BCUT2D eigenvalue weighted by Gasteiger charge is 2.20. The van der Waals surface area contributed by atoms with E-state index in [-0.39, 0.29) is 17.7 Å². The molecule has 1 aliphatic heterocycles. The Hall–Kier alpha value is -4.28. The number of Topliss-reactive ketones (excluding diaryl/α,β-unsaturated/α-hetero) is 1. The normalized spacial score (nSPS) is 13.9. The Morgan fingerprint density at radius 1 is 1.00 bits per heavy atom. The number of ether oxygens (including phenoxy) is 1. The van der Waals surface area contributed by atoms with E-state index in [4.69, 9.17) is 4.74 Å². The summed E-state index contributed by atoms with van der Waals surface area (Å²) in [6, 6.07) is 14.7. The van der Waals surface area contributed by atoms with Crippen LogP contribution in [0, 0.1) is 11.6 Å². The fourth-order valence-electron chi connectivity index (χ4n) is 4.85. The van der Waals surface area contributed by atoms with E-state index in [1.807, 2.05) is 0 Å². The Balaban J connectivity index is 1.20. The highest BCUT2D eigenvalue weighted by molar-refractivity contribution is 7.19. The lowest BCUT2D eigenvalue weighted by molar-refractivity contribution is 0.0991. The molecule has 6 rings (SSSR count). The van der Waals surface area contributed by atoms with Crippen molar-refractivity contribution in [1.29, 1.82) is 0 Å². The number of rotatable bonds is 7. The molecule has 0 atom stereocenters. The van der Waals surface area contributed by atoms with Crippen molar-refractivity contribution in [3.05, 3.63) is 111 Å². The van der Waals surface area contributed by atoms with Gasteiger partial charge in [0.25, 0.3) is 5.56 Å². The highest BCUT2D eigenvalue weighted by Crippen LogP contribution is 2.40. The number of pyridine rings is 1. The van der Waals surface area contributed by atoms with Gasteiger partial charge in [-0.25, -0.2) is 8.78 Å². The van der Waals surface area contributed by atoms with Gasteiger partial charge in [0.2, 0.25) is 0 Å². The van der Waals surface area contributed by atoms with Crippen molar-refractivity contribution >= 4 is 27.3 Å². The standard InChI is InChI=1S/C30H24F2N4O3S/c31-20-2-4-21(5-3-20)36-30(38)22(9-14-35-36)25(37)16-18-1-6-26(23(32)15-18)39-27-10-13-34-24-17-28(40-29(24)27)19-7-11-33-12-8-19/h1-6,9-10,13-15,17,19,33H,7-8,11-12,16H2. The van der Waals surface area contributed by atoms with Crippen molar-refractivity contribution in [3.8, 4) is 17.2 Å². The molecule has 10 heteroatoms. The van der Waals surface area contributed by atoms with Gasteiger partial charge in [-0.05, 0) is 85.9 Å². The lowest BCUT2D eigenvalue weighted by Crippen LogP contribution is -2.27. The van der Waals surface area contributed by atoms with Crippen LogP contribution in [-0.4, -0.2) is 33.6 Å². The molecule has 1 N–H and O–H groups in total. The van der Waals surface area contributed by atoms with Gasteiger partial charge < -0.3 is 10.1 Å². The van der Waals surface area contributed by atoms with Crippen molar-refractivity contribution in [2.45, 2.75) is 25.2 Å². The van der Waals surface area contributed by atoms with Crippen LogP contribution in [0.1, 0.15) is 39.6 Å². The molecule has 0 unspecified atom stereocenters. The van der Waals surface area contributed by atoms with Crippen molar-refractivity contribution in [2.75, 3.05) is 13.1 Å². The van der Waals surface area contributed by atoms with Gasteiger partial charge in [0.1, 0.15) is 11.6 Å². The number of aromatic nitrogens is 3. The molecule has 202 valence electrons. The Labute approximate surface area is 232 Å². The number of nitrogens with zero attached hydrogens (tertiary/aromatic N) is 3. The molecule has 0 aliphatic carbocycles. The topological polar surface area (TPSA) is 86.1 Å². The molecular weight excluding hydrogens is 534 g/mol. The van der Waals surface area contributed by atoms with E-state index >= 15 is 4.39 Å². The Morgan fingerprint density at radius 3 is 2.58 bits per heavy atom. The molecule has 40 heavy (non-hydrogen) atoms. The number of carbonyl (C=O) groups is 1. The molecule has 0 amide bonds. The SMILES string of the molecule is O=C(Cc1ccc(Oc2ccnc3cc(C4CCNCC4)sc23)c(F)c1)c1ccnn(-c2ccc(F)cc2)c1=O. The van der Waals surface area contributed by atoms with E-state index in [9.17, 15) is 14.0 Å². The molecular formula is C30H24F2N4O3S. The van der Waals surface area contributed by atoms with Gasteiger partial charge in [-0.2, -0.15) is 9.78 Å². The minimum absolute atomic E-state index is 0.0306. The van der Waals surface area contributed by atoms with E-state index in [1.165, 1.54) is 53.5 Å². The molecule has 1 fully saturated rings. The highest BCUT2D eigenvalue weighted by atomic mass is 32.1. The second-order valence-corrected chi connectivity index (χ2v) is 10.7. The molecule has 2 aromatic carbocycles. The maximum Gasteiger partial charge on any atom is 0.282 e. The molecule has 0 bridgehead atoms. The van der Waals surface area contributed by atoms with Crippen LogP contribution in [0.25, 0.3) is 15.9 Å². The number of hydrogen-bond donors (Lipinski definition) is 1. The van der Waals surface area contributed by atoms with E-state index in [2.05, 4.69) is 21.5 Å². The minimum atomic E-state index is -0.638. The number of halogens is 2. The van der Waals surface area contributed by atoms with Gasteiger partial charge in [-0.3, -0.25) is 14.6 Å². The summed E-state index contributed by atoms with van der Waals surface area (Å²) in [7, 11) is 0. The van der Waals surface area contributed by atoms with Crippen LogP contribution < -0.4 is 15.6 Å². The third-order valence-electron chi connectivity index (χ3n) is 6.93. The first-order chi connectivity index (χ1) is 19.5. The molecule has 4 heterocycles. The van der Waals surface area contributed by atoms with E-state index < -0.39 is 23.0 Å². The number of hydrogen-bond acceptors (Lipinski definition) is 7. The van der Waals surface area contributed by atoms with Crippen LogP contribution in [0.3, 0.4) is 0 Å². The number of piperidine rings is 1. The first kappa shape index (κ1) is 26.0. The van der Waals surface area contributed by atoms with E-state index in [0.717, 1.165) is 40.8 Å². The van der Waals surface area contributed by atoms with Crippen molar-refractivity contribution in [3.63, 3.8) is 0 Å². The van der Waals surface area contributed by atoms with Gasteiger partial charge in [-0.15, -0.1) is 11.3 Å². The number of nitrogens with one attached hydrogen (secondary N) is 1. The Kier molecular flexibility index (Phi) is 7.19. The monoisotopic (exact) mass is 558 g/mol. The lowest BCUT2D eigenvalue weighted by atomic mass is 9.96. The zero-order valence-corrected chi connectivity index (χ0v) is 22.1. The summed E-state index contributed by atoms with van der Waals surface area (Å²) < 4.78 is 36.3. The molecule has 0 saturated carbocycles. The smallest absolute Gasteiger partial charge is 0.282 e. The van der Waals surface area contributed by atoms with Crippen LogP contribution in [-0.2, 0) is 6.42 Å². The number of carbonyl (C=O) groups excluding carboxylic acids is 1. The Morgan fingerprint density at radius 2 is 1.80 bits per heavy atom. The molecule has 0 spiro atoms. The number of fused-ring (bicyclic) bond motifs is 1. The summed E-state index contributed by atoms with van der Waals surface area (Å²) in [5.74, 6) is -0.537. The average Bonchev–Trinajstić information content (AvgIpc) is 3.41. The minimum Gasteiger partial charge on any atom is -0.453 e. The molecule has 5 aromatic rings. The van der Waals surface area contributed by atoms with Gasteiger partial charge in [0, 0.05) is 29.8 Å². The predicted molar refractivity (Wildman–Crippen MR) is 149 cm³/mol.